The molecule has 0 saturated carbocycles. The van der Waals surface area contributed by atoms with Gasteiger partial charge in [-0.15, -0.1) is 0 Å². The van der Waals surface area contributed by atoms with E-state index in [0.717, 1.165) is 0 Å². The minimum Gasteiger partial charge on any atom is -0.496 e. The second kappa shape index (κ2) is 4.94. The molecular weight excluding hydrogens is 212 g/mol. The van der Waals surface area contributed by atoms with E-state index in [0.29, 0.717) is 17.1 Å². The highest BCUT2D eigenvalue weighted by Gasteiger charge is 2.17. The van der Waals surface area contributed by atoms with Gasteiger partial charge in [-0.1, -0.05) is 0 Å². The van der Waals surface area contributed by atoms with Crippen LogP contribution in [0.1, 0.15) is 18.2 Å². The van der Waals surface area contributed by atoms with Crippen molar-refractivity contribution in [2.75, 3.05) is 7.11 Å². The molecular formula is C11H14O5. The third-order valence-corrected chi connectivity index (χ3v) is 2.26. The number of carbonyl (C=O) groups is 1. The molecule has 1 atom stereocenters. The molecule has 0 bridgehead atoms. The molecule has 1 heterocycles. The van der Waals surface area contributed by atoms with Crippen molar-refractivity contribution in [3.63, 3.8) is 0 Å². The molecule has 0 amide bonds. The first kappa shape index (κ1) is 12.4. The fourth-order valence-electron chi connectivity index (χ4n) is 1.33. The minimum atomic E-state index is -1.05. The van der Waals surface area contributed by atoms with Crippen LogP contribution in [0.3, 0.4) is 0 Å². The van der Waals surface area contributed by atoms with Crippen LogP contribution in [0.25, 0.3) is 0 Å². The molecule has 0 aliphatic carbocycles. The third kappa shape index (κ3) is 2.70. The van der Waals surface area contributed by atoms with Gasteiger partial charge in [-0.2, -0.15) is 0 Å². The zero-order valence-electron chi connectivity index (χ0n) is 9.44. The maximum absolute atomic E-state index is 11.4. The van der Waals surface area contributed by atoms with Crippen molar-refractivity contribution in [3.05, 3.63) is 27.8 Å². The Morgan fingerprint density at radius 3 is 2.75 bits per heavy atom. The molecule has 5 nitrogen and oxygen atoms in total. The van der Waals surface area contributed by atoms with E-state index < -0.39 is 11.7 Å². The second-order valence-electron chi connectivity index (χ2n) is 3.49. The summed E-state index contributed by atoms with van der Waals surface area (Å²) in [5.74, 6) is 0.288. The van der Waals surface area contributed by atoms with Crippen LogP contribution in [0.4, 0.5) is 0 Å². The van der Waals surface area contributed by atoms with Crippen LogP contribution in [0.5, 0.6) is 5.75 Å². The number of methoxy groups -OCH3 is 1. The molecule has 0 aromatic carbocycles. The van der Waals surface area contributed by atoms with Crippen molar-refractivity contribution in [1.82, 2.24) is 0 Å². The van der Waals surface area contributed by atoms with Gasteiger partial charge >= 0.3 is 5.63 Å². The van der Waals surface area contributed by atoms with E-state index in [2.05, 4.69) is 0 Å². The lowest BCUT2D eigenvalue weighted by Gasteiger charge is -2.10. The fraction of sp³-hybridized carbons (Fsp3) is 0.455. The zero-order valence-corrected chi connectivity index (χ0v) is 9.44. The van der Waals surface area contributed by atoms with Gasteiger partial charge in [0, 0.05) is 12.0 Å². The lowest BCUT2D eigenvalue weighted by Crippen LogP contribution is -2.19. The second-order valence-corrected chi connectivity index (χ2v) is 3.49. The van der Waals surface area contributed by atoms with E-state index in [1.165, 1.54) is 20.1 Å². The van der Waals surface area contributed by atoms with Gasteiger partial charge in [-0.3, -0.25) is 4.79 Å². The largest absolute Gasteiger partial charge is 0.496 e. The van der Waals surface area contributed by atoms with Crippen molar-refractivity contribution >= 4 is 5.78 Å². The molecule has 0 fully saturated rings. The number of aryl methyl sites for hydroxylation is 1. The topological polar surface area (TPSA) is 76.7 Å². The average molecular weight is 226 g/mol. The maximum Gasteiger partial charge on any atom is 0.339 e. The summed E-state index contributed by atoms with van der Waals surface area (Å²) in [7, 11) is 1.41. The minimum absolute atomic E-state index is 0.0174. The number of aliphatic hydroxyl groups excluding tert-OH is 1. The van der Waals surface area contributed by atoms with Gasteiger partial charge in [0.15, 0.2) is 5.78 Å². The zero-order chi connectivity index (χ0) is 12.3. The molecule has 1 aromatic heterocycles. The van der Waals surface area contributed by atoms with E-state index in [1.54, 1.807) is 6.92 Å². The molecule has 1 N–H and O–H groups in total. The maximum atomic E-state index is 11.4. The molecule has 1 aromatic rings. The summed E-state index contributed by atoms with van der Waals surface area (Å²) in [6, 6.07) is 1.18. The summed E-state index contributed by atoms with van der Waals surface area (Å²) in [6.07, 6.45) is -1.06. The number of hydrogen-bond acceptors (Lipinski definition) is 5. The molecule has 0 aliphatic heterocycles. The summed E-state index contributed by atoms with van der Waals surface area (Å²) in [4.78, 5) is 22.5. The number of carbonyl (C=O) groups excluding carboxylic acids is 1. The number of ketones is 1. The van der Waals surface area contributed by atoms with Gasteiger partial charge in [0.05, 0.1) is 13.2 Å². The Balaban J connectivity index is 3.12. The highest BCUT2D eigenvalue weighted by atomic mass is 16.5. The van der Waals surface area contributed by atoms with Gasteiger partial charge in [-0.25, -0.2) is 4.79 Å². The van der Waals surface area contributed by atoms with Crippen LogP contribution >= 0.6 is 0 Å². The summed E-state index contributed by atoms with van der Waals surface area (Å²) >= 11 is 0. The monoisotopic (exact) mass is 226 g/mol. The van der Waals surface area contributed by atoms with Crippen molar-refractivity contribution in [2.24, 2.45) is 0 Å². The third-order valence-electron chi connectivity index (χ3n) is 2.26. The number of aliphatic hydroxyl groups is 1. The van der Waals surface area contributed by atoms with E-state index in [1.807, 2.05) is 0 Å². The number of hydrogen-bond donors (Lipinski definition) is 1. The van der Waals surface area contributed by atoms with Gasteiger partial charge < -0.3 is 14.3 Å². The highest BCUT2D eigenvalue weighted by molar-refractivity contribution is 5.85. The summed E-state index contributed by atoms with van der Waals surface area (Å²) in [5.41, 5.74) is -0.0319. The first-order chi connectivity index (χ1) is 7.45. The van der Waals surface area contributed by atoms with Gasteiger partial charge in [0.2, 0.25) is 0 Å². The van der Waals surface area contributed by atoms with E-state index in [-0.39, 0.29) is 12.2 Å². The van der Waals surface area contributed by atoms with Gasteiger partial charge in [-0.05, 0) is 13.8 Å². The fourth-order valence-corrected chi connectivity index (χ4v) is 1.33. The van der Waals surface area contributed by atoms with Crippen molar-refractivity contribution < 1.29 is 19.1 Å². The van der Waals surface area contributed by atoms with Crippen molar-refractivity contribution in [3.8, 4) is 5.75 Å². The Kier molecular flexibility index (Phi) is 3.84. The summed E-state index contributed by atoms with van der Waals surface area (Å²) < 4.78 is 9.86. The molecule has 1 rings (SSSR count). The Bertz CT molecular complexity index is 444. The Hall–Kier alpha value is -1.62. The van der Waals surface area contributed by atoms with Crippen molar-refractivity contribution in [2.45, 2.75) is 26.4 Å². The smallest absolute Gasteiger partial charge is 0.339 e. The van der Waals surface area contributed by atoms with E-state index in [9.17, 15) is 9.59 Å². The number of Topliss-reactive ketones (excluding diaryl/α,β-unsaturated/α-hetero) is 1. The SMILES string of the molecule is COc1cc(=O)oc(C)c1CC(=O)C(C)O. The van der Waals surface area contributed by atoms with Crippen LogP contribution in [-0.4, -0.2) is 24.1 Å². The van der Waals surface area contributed by atoms with Crippen LogP contribution in [0.15, 0.2) is 15.3 Å². The molecule has 0 saturated heterocycles. The van der Waals surface area contributed by atoms with Crippen LogP contribution in [-0.2, 0) is 11.2 Å². The van der Waals surface area contributed by atoms with E-state index >= 15 is 0 Å². The molecule has 5 heteroatoms. The first-order valence-electron chi connectivity index (χ1n) is 4.84. The number of rotatable bonds is 4. The Labute approximate surface area is 92.7 Å². The Morgan fingerprint density at radius 2 is 2.25 bits per heavy atom. The molecule has 0 radical (unpaired) electrons. The Morgan fingerprint density at radius 1 is 1.62 bits per heavy atom. The molecule has 0 spiro atoms. The predicted molar refractivity (Wildman–Crippen MR) is 56.7 cm³/mol. The summed E-state index contributed by atoms with van der Waals surface area (Å²) in [6.45, 7) is 2.97. The molecule has 88 valence electrons. The molecule has 16 heavy (non-hydrogen) atoms. The lowest BCUT2D eigenvalue weighted by atomic mass is 10.1. The van der Waals surface area contributed by atoms with E-state index in [4.69, 9.17) is 14.3 Å². The lowest BCUT2D eigenvalue weighted by molar-refractivity contribution is -0.125. The van der Waals surface area contributed by atoms with Crippen LogP contribution < -0.4 is 10.4 Å². The summed E-state index contributed by atoms with van der Waals surface area (Å²) in [5, 5.41) is 9.11. The standard InChI is InChI=1S/C11H14O5/c1-6(12)9(13)4-8-7(2)16-11(14)5-10(8)15-3/h5-6,12H,4H2,1-3H3. The normalized spacial score (nSPS) is 12.2. The predicted octanol–water partition coefficient (Wildman–Crippen LogP) is 0.449. The quantitative estimate of drug-likeness (QED) is 0.806. The first-order valence-corrected chi connectivity index (χ1v) is 4.84. The van der Waals surface area contributed by atoms with Gasteiger partial charge in [0.25, 0.3) is 0 Å². The molecule has 1 unspecified atom stereocenters. The molecule has 0 aliphatic rings. The van der Waals surface area contributed by atoms with Crippen LogP contribution in [0.2, 0.25) is 0 Å². The van der Waals surface area contributed by atoms with Crippen molar-refractivity contribution in [1.29, 1.82) is 0 Å². The van der Waals surface area contributed by atoms with Gasteiger partial charge in [0.1, 0.15) is 17.6 Å². The van der Waals surface area contributed by atoms with Crippen LogP contribution in [0, 0.1) is 6.92 Å². The number of ether oxygens (including phenoxy) is 1. The average Bonchev–Trinajstić information content (AvgIpc) is 2.21. The highest BCUT2D eigenvalue weighted by Crippen LogP contribution is 2.20.